The highest BCUT2D eigenvalue weighted by molar-refractivity contribution is 5.96. The van der Waals surface area contributed by atoms with Crippen LogP contribution in [0.2, 0.25) is 0 Å². The lowest BCUT2D eigenvalue weighted by Crippen LogP contribution is -2.51. The molecule has 1 aliphatic carbocycles. The molecule has 1 fully saturated rings. The number of benzene rings is 1. The van der Waals surface area contributed by atoms with Crippen LogP contribution in [-0.4, -0.2) is 18.0 Å². The third-order valence-electron chi connectivity index (χ3n) is 3.76. The fourth-order valence-electron chi connectivity index (χ4n) is 2.62. The first-order valence-corrected chi connectivity index (χ1v) is 6.35. The number of nitrogens with one attached hydrogen (secondary N) is 1. The molecule has 0 spiro atoms. The number of hydrogen-bond acceptors (Lipinski definition) is 2. The van der Waals surface area contributed by atoms with E-state index in [9.17, 15) is 9.18 Å². The Morgan fingerprint density at radius 2 is 2.05 bits per heavy atom. The number of amides is 1. The summed E-state index contributed by atoms with van der Waals surface area (Å²) < 4.78 is 13.0. The molecule has 1 amide bonds. The van der Waals surface area contributed by atoms with E-state index in [4.69, 9.17) is 5.73 Å². The van der Waals surface area contributed by atoms with E-state index in [0.717, 1.165) is 25.7 Å². The average molecular weight is 287 g/mol. The molecule has 106 valence electrons. The van der Waals surface area contributed by atoms with E-state index in [1.54, 1.807) is 6.92 Å². The van der Waals surface area contributed by atoms with Crippen molar-refractivity contribution in [1.29, 1.82) is 0 Å². The van der Waals surface area contributed by atoms with Crippen LogP contribution in [-0.2, 0) is 0 Å². The molecule has 0 aromatic heterocycles. The van der Waals surface area contributed by atoms with Gasteiger partial charge in [-0.05, 0) is 43.5 Å². The molecular weight excluding hydrogens is 267 g/mol. The van der Waals surface area contributed by atoms with Crippen molar-refractivity contribution in [2.45, 2.75) is 38.1 Å². The van der Waals surface area contributed by atoms with E-state index in [1.165, 1.54) is 18.2 Å². The lowest BCUT2D eigenvalue weighted by Gasteiger charge is -2.29. The molecular formula is C14H20ClFN2O. The fraction of sp³-hybridized carbons (Fsp3) is 0.500. The summed E-state index contributed by atoms with van der Waals surface area (Å²) >= 11 is 0. The lowest BCUT2D eigenvalue weighted by atomic mass is 9.96. The van der Waals surface area contributed by atoms with Crippen LogP contribution in [0.15, 0.2) is 18.2 Å². The van der Waals surface area contributed by atoms with E-state index in [2.05, 4.69) is 5.32 Å². The fourth-order valence-corrected chi connectivity index (χ4v) is 2.62. The number of halogens is 2. The standard InChI is InChI=1S/C14H19FN2O.ClH/c1-10-8-11(15)4-5-12(10)13(18)17-14(9-16)6-2-3-7-14;/h4-5,8H,2-3,6-7,9,16H2,1H3,(H,17,18);1H. The Balaban J connectivity index is 0.00000180. The number of hydrogen-bond donors (Lipinski definition) is 2. The molecule has 1 aliphatic rings. The molecule has 3 nitrogen and oxygen atoms in total. The van der Waals surface area contributed by atoms with Crippen LogP contribution in [0.4, 0.5) is 4.39 Å². The maximum absolute atomic E-state index is 13.0. The molecule has 2 rings (SSSR count). The summed E-state index contributed by atoms with van der Waals surface area (Å²) in [4.78, 5) is 12.2. The Morgan fingerprint density at radius 3 is 2.58 bits per heavy atom. The first kappa shape index (κ1) is 15.9. The normalized spacial score (nSPS) is 16.8. The maximum Gasteiger partial charge on any atom is 0.252 e. The van der Waals surface area contributed by atoms with Gasteiger partial charge in [-0.25, -0.2) is 4.39 Å². The van der Waals surface area contributed by atoms with E-state index in [1.807, 2.05) is 0 Å². The van der Waals surface area contributed by atoms with Crippen molar-refractivity contribution >= 4 is 18.3 Å². The summed E-state index contributed by atoms with van der Waals surface area (Å²) in [6, 6.07) is 4.21. The van der Waals surface area contributed by atoms with E-state index in [0.29, 0.717) is 17.7 Å². The molecule has 1 aromatic rings. The number of carbonyl (C=O) groups is 1. The van der Waals surface area contributed by atoms with E-state index < -0.39 is 0 Å². The third-order valence-corrected chi connectivity index (χ3v) is 3.76. The highest BCUT2D eigenvalue weighted by Gasteiger charge is 2.34. The van der Waals surface area contributed by atoms with Gasteiger partial charge in [-0.1, -0.05) is 12.8 Å². The number of nitrogens with two attached hydrogens (primary N) is 1. The SMILES string of the molecule is Cc1cc(F)ccc1C(=O)NC1(CN)CCCC1.Cl. The molecule has 3 N–H and O–H groups in total. The van der Waals surface area contributed by atoms with Gasteiger partial charge in [0, 0.05) is 12.1 Å². The molecule has 0 radical (unpaired) electrons. The van der Waals surface area contributed by atoms with Gasteiger partial charge in [0.2, 0.25) is 0 Å². The van der Waals surface area contributed by atoms with Crippen LogP contribution in [0.3, 0.4) is 0 Å². The quantitative estimate of drug-likeness (QED) is 0.897. The number of carbonyl (C=O) groups excluding carboxylic acids is 1. The molecule has 5 heteroatoms. The second kappa shape index (κ2) is 6.35. The average Bonchev–Trinajstić information content (AvgIpc) is 2.78. The molecule has 0 atom stereocenters. The van der Waals surface area contributed by atoms with Crippen LogP contribution in [0.25, 0.3) is 0 Å². The Labute approximate surface area is 119 Å². The van der Waals surface area contributed by atoms with E-state index in [-0.39, 0.29) is 29.7 Å². The van der Waals surface area contributed by atoms with Gasteiger partial charge >= 0.3 is 0 Å². The van der Waals surface area contributed by atoms with Gasteiger partial charge in [-0.15, -0.1) is 12.4 Å². The van der Waals surface area contributed by atoms with Gasteiger partial charge in [0.25, 0.3) is 5.91 Å². The first-order chi connectivity index (χ1) is 8.56. The Kier molecular flexibility index (Phi) is 5.32. The van der Waals surface area contributed by atoms with Crippen molar-refractivity contribution in [3.63, 3.8) is 0 Å². The van der Waals surface area contributed by atoms with Gasteiger partial charge in [0.15, 0.2) is 0 Å². The zero-order chi connectivity index (χ0) is 13.2. The van der Waals surface area contributed by atoms with Crippen LogP contribution >= 0.6 is 12.4 Å². The van der Waals surface area contributed by atoms with Crippen molar-refractivity contribution in [1.82, 2.24) is 5.32 Å². The monoisotopic (exact) mass is 286 g/mol. The molecule has 1 saturated carbocycles. The molecule has 1 aromatic carbocycles. The Hall–Kier alpha value is -1.13. The zero-order valence-corrected chi connectivity index (χ0v) is 11.9. The topological polar surface area (TPSA) is 55.1 Å². The van der Waals surface area contributed by atoms with Crippen molar-refractivity contribution in [2.75, 3.05) is 6.54 Å². The minimum atomic E-state index is -0.321. The second-order valence-corrected chi connectivity index (χ2v) is 5.10. The molecule has 0 aliphatic heterocycles. The van der Waals surface area contributed by atoms with Gasteiger partial charge < -0.3 is 11.1 Å². The van der Waals surface area contributed by atoms with Crippen LogP contribution in [0, 0.1) is 12.7 Å². The minimum absolute atomic E-state index is 0. The summed E-state index contributed by atoms with van der Waals surface area (Å²) in [6.07, 6.45) is 4.05. The Morgan fingerprint density at radius 1 is 1.42 bits per heavy atom. The van der Waals surface area contributed by atoms with Crippen LogP contribution in [0.5, 0.6) is 0 Å². The summed E-state index contributed by atoms with van der Waals surface area (Å²) in [6.45, 7) is 2.20. The predicted octanol–water partition coefficient (Wildman–Crippen LogP) is 2.56. The van der Waals surface area contributed by atoms with Crippen molar-refractivity contribution in [3.8, 4) is 0 Å². The summed E-state index contributed by atoms with van der Waals surface area (Å²) in [5.41, 5.74) is 6.69. The van der Waals surface area contributed by atoms with Crippen LogP contribution < -0.4 is 11.1 Å². The van der Waals surface area contributed by atoms with Crippen molar-refractivity contribution in [2.24, 2.45) is 5.73 Å². The van der Waals surface area contributed by atoms with Gasteiger partial charge in [-0.2, -0.15) is 0 Å². The molecule has 0 heterocycles. The molecule has 0 saturated heterocycles. The van der Waals surface area contributed by atoms with Crippen molar-refractivity contribution < 1.29 is 9.18 Å². The van der Waals surface area contributed by atoms with Crippen molar-refractivity contribution in [3.05, 3.63) is 35.1 Å². The maximum atomic E-state index is 13.0. The number of aryl methyl sites for hydroxylation is 1. The highest BCUT2D eigenvalue weighted by Crippen LogP contribution is 2.29. The second-order valence-electron chi connectivity index (χ2n) is 5.10. The highest BCUT2D eigenvalue weighted by atomic mass is 35.5. The summed E-state index contributed by atoms with van der Waals surface area (Å²) in [5.74, 6) is -0.474. The smallest absolute Gasteiger partial charge is 0.252 e. The van der Waals surface area contributed by atoms with Crippen LogP contribution in [0.1, 0.15) is 41.6 Å². The minimum Gasteiger partial charge on any atom is -0.345 e. The zero-order valence-electron chi connectivity index (χ0n) is 11.0. The largest absolute Gasteiger partial charge is 0.345 e. The molecule has 19 heavy (non-hydrogen) atoms. The molecule has 0 unspecified atom stereocenters. The van der Waals surface area contributed by atoms with Gasteiger partial charge in [0.05, 0.1) is 5.54 Å². The first-order valence-electron chi connectivity index (χ1n) is 6.35. The number of rotatable bonds is 3. The third kappa shape index (κ3) is 3.45. The van der Waals surface area contributed by atoms with E-state index >= 15 is 0 Å². The summed E-state index contributed by atoms with van der Waals surface area (Å²) in [5, 5.41) is 3.03. The molecule has 0 bridgehead atoms. The predicted molar refractivity (Wildman–Crippen MR) is 76.1 cm³/mol. The van der Waals surface area contributed by atoms with Gasteiger partial charge in [0.1, 0.15) is 5.82 Å². The Bertz CT molecular complexity index is 459. The van der Waals surface area contributed by atoms with Gasteiger partial charge in [-0.3, -0.25) is 4.79 Å². The summed E-state index contributed by atoms with van der Waals surface area (Å²) in [7, 11) is 0. The lowest BCUT2D eigenvalue weighted by molar-refractivity contribution is 0.0902.